The van der Waals surface area contributed by atoms with Crippen LogP contribution in [0, 0.1) is 11.6 Å². The summed E-state index contributed by atoms with van der Waals surface area (Å²) in [6.45, 7) is 7.22. The van der Waals surface area contributed by atoms with Gasteiger partial charge in [0.2, 0.25) is 5.91 Å². The van der Waals surface area contributed by atoms with Crippen LogP contribution in [0.2, 0.25) is 0 Å². The predicted molar refractivity (Wildman–Crippen MR) is 121 cm³/mol. The number of carbonyl (C=O) groups excluding carboxylic acids is 2. The summed E-state index contributed by atoms with van der Waals surface area (Å²) in [5.41, 5.74) is 2.54. The van der Waals surface area contributed by atoms with E-state index >= 15 is 0 Å². The molecule has 0 radical (unpaired) electrons. The van der Waals surface area contributed by atoms with Crippen LogP contribution in [0.25, 0.3) is 10.2 Å². The number of nitrogens with zero attached hydrogens (tertiary/aromatic N) is 2. The van der Waals surface area contributed by atoms with Crippen molar-refractivity contribution in [3.63, 3.8) is 0 Å². The van der Waals surface area contributed by atoms with Crippen molar-refractivity contribution in [2.24, 2.45) is 0 Å². The Hall–Kier alpha value is -3.07. The molecule has 0 bridgehead atoms. The fourth-order valence-electron chi connectivity index (χ4n) is 3.28. The van der Waals surface area contributed by atoms with E-state index in [-0.39, 0.29) is 12.0 Å². The van der Waals surface area contributed by atoms with Crippen LogP contribution in [0.15, 0.2) is 41.9 Å². The van der Waals surface area contributed by atoms with E-state index in [1.54, 1.807) is 45.3 Å². The average Bonchev–Trinajstić information content (AvgIpc) is 3.13. The molecule has 0 aliphatic carbocycles. The molecule has 32 heavy (non-hydrogen) atoms. The van der Waals surface area contributed by atoms with Crippen LogP contribution in [0.3, 0.4) is 0 Å². The zero-order valence-electron chi connectivity index (χ0n) is 18.3. The molecule has 0 fully saturated rings. The van der Waals surface area contributed by atoms with Gasteiger partial charge in [0.15, 0.2) is 0 Å². The summed E-state index contributed by atoms with van der Waals surface area (Å²) < 4.78 is 33.7. The van der Waals surface area contributed by atoms with E-state index < -0.39 is 35.3 Å². The summed E-state index contributed by atoms with van der Waals surface area (Å²) in [7, 11) is 0. The summed E-state index contributed by atoms with van der Waals surface area (Å²) in [5.74, 6) is -1.95. The molecule has 0 aliphatic heterocycles. The Morgan fingerprint density at radius 3 is 2.47 bits per heavy atom. The molecule has 0 saturated carbocycles. The molecule has 1 atom stereocenters. The summed E-state index contributed by atoms with van der Waals surface area (Å²) in [4.78, 5) is 31.7. The summed E-state index contributed by atoms with van der Waals surface area (Å²) in [6.07, 6.45) is -0.902. The minimum atomic E-state index is -1.10. The van der Waals surface area contributed by atoms with Gasteiger partial charge in [0.25, 0.3) is 0 Å². The van der Waals surface area contributed by atoms with Gasteiger partial charge in [-0.3, -0.25) is 4.79 Å². The molecule has 0 saturated heterocycles. The van der Waals surface area contributed by atoms with Gasteiger partial charge >= 0.3 is 6.09 Å². The summed E-state index contributed by atoms with van der Waals surface area (Å²) in [5, 5.41) is 2.57. The zero-order chi connectivity index (χ0) is 23.5. The number of nitrogens with one attached hydrogen (secondary N) is 1. The Morgan fingerprint density at radius 1 is 1.16 bits per heavy atom. The monoisotopic (exact) mass is 461 g/mol. The first kappa shape index (κ1) is 23.6. The van der Waals surface area contributed by atoms with Crippen LogP contribution in [-0.4, -0.2) is 35.2 Å². The van der Waals surface area contributed by atoms with Crippen LogP contribution >= 0.6 is 11.3 Å². The molecule has 1 N–H and O–H groups in total. The van der Waals surface area contributed by atoms with Gasteiger partial charge in [-0.25, -0.2) is 18.6 Å². The van der Waals surface area contributed by atoms with E-state index in [0.29, 0.717) is 12.2 Å². The lowest BCUT2D eigenvalue weighted by Crippen LogP contribution is -2.51. The van der Waals surface area contributed by atoms with Crippen molar-refractivity contribution in [2.75, 3.05) is 11.4 Å². The predicted octanol–water partition coefficient (Wildman–Crippen LogP) is 5.06. The first-order valence-corrected chi connectivity index (χ1v) is 11.0. The molecule has 3 rings (SSSR count). The van der Waals surface area contributed by atoms with E-state index in [1.807, 2.05) is 6.07 Å². The van der Waals surface area contributed by atoms with Crippen molar-refractivity contribution in [3.05, 3.63) is 59.1 Å². The number of thiazole rings is 1. The Bertz CT molecular complexity index is 1110. The van der Waals surface area contributed by atoms with Gasteiger partial charge in [-0.1, -0.05) is 0 Å². The number of aromatic nitrogens is 1. The largest absolute Gasteiger partial charge is 0.444 e. The fraction of sp³-hybridized carbons (Fsp3) is 0.348. The van der Waals surface area contributed by atoms with Crippen molar-refractivity contribution >= 4 is 39.2 Å². The van der Waals surface area contributed by atoms with Gasteiger partial charge in [-0.2, -0.15) is 0 Å². The Balaban J connectivity index is 1.91. The molecule has 9 heteroatoms. The number of likely N-dealkylation sites (N-methyl/N-ethyl adjacent to an activating group) is 1. The second kappa shape index (κ2) is 9.60. The standard InChI is InChI=1S/C23H25F2N3O3S/c1-5-28(17-6-7-20-18(12-17)26-13-32-20)21(29)19(27-22(30)31-23(2,3)4)10-14-8-15(24)11-16(25)9-14/h6-9,11-13,19H,5,10H2,1-4H3,(H,27,30)/t19-/m0/s1. The highest BCUT2D eigenvalue weighted by Gasteiger charge is 2.29. The number of fused-ring (bicyclic) bond motifs is 1. The molecule has 2 amide bonds. The lowest BCUT2D eigenvalue weighted by molar-refractivity contribution is -0.120. The third-order valence-electron chi connectivity index (χ3n) is 4.56. The number of rotatable bonds is 6. The maximum Gasteiger partial charge on any atom is 0.408 e. The van der Waals surface area contributed by atoms with E-state index in [2.05, 4.69) is 10.3 Å². The number of halogens is 2. The number of carbonyl (C=O) groups is 2. The fourth-order valence-corrected chi connectivity index (χ4v) is 3.94. The SMILES string of the molecule is CCN(C(=O)[C@H](Cc1cc(F)cc(F)c1)NC(=O)OC(C)(C)C)c1ccc2scnc2c1. The van der Waals surface area contributed by atoms with Crippen LogP contribution < -0.4 is 10.2 Å². The first-order valence-electron chi connectivity index (χ1n) is 10.1. The Morgan fingerprint density at radius 2 is 1.84 bits per heavy atom. The van der Waals surface area contributed by atoms with Gasteiger partial charge in [0.1, 0.15) is 23.3 Å². The maximum atomic E-state index is 13.7. The van der Waals surface area contributed by atoms with Crippen molar-refractivity contribution in [1.82, 2.24) is 10.3 Å². The molecule has 3 aromatic rings. The van der Waals surface area contributed by atoms with Crippen molar-refractivity contribution in [3.8, 4) is 0 Å². The summed E-state index contributed by atoms with van der Waals surface area (Å²) in [6, 6.07) is 7.39. The van der Waals surface area contributed by atoms with Crippen LogP contribution in [0.4, 0.5) is 19.3 Å². The molecule has 6 nitrogen and oxygen atoms in total. The van der Waals surface area contributed by atoms with E-state index in [4.69, 9.17) is 4.74 Å². The molecular weight excluding hydrogens is 436 g/mol. The van der Waals surface area contributed by atoms with E-state index in [0.717, 1.165) is 28.4 Å². The molecule has 1 heterocycles. The minimum Gasteiger partial charge on any atom is -0.444 e. The molecule has 170 valence electrons. The Labute approximate surface area is 189 Å². The number of amides is 2. The first-order chi connectivity index (χ1) is 15.1. The number of anilines is 1. The zero-order valence-corrected chi connectivity index (χ0v) is 19.1. The molecule has 0 unspecified atom stereocenters. The van der Waals surface area contributed by atoms with Crippen LogP contribution in [0.1, 0.15) is 33.3 Å². The highest BCUT2D eigenvalue weighted by Crippen LogP contribution is 2.25. The second-order valence-corrected chi connectivity index (χ2v) is 9.15. The van der Waals surface area contributed by atoms with Gasteiger partial charge in [-0.15, -0.1) is 11.3 Å². The minimum absolute atomic E-state index is 0.109. The number of ether oxygens (including phenoxy) is 1. The number of hydrogen-bond donors (Lipinski definition) is 1. The van der Waals surface area contributed by atoms with Crippen molar-refractivity contribution in [2.45, 2.75) is 45.8 Å². The average molecular weight is 462 g/mol. The topological polar surface area (TPSA) is 71.5 Å². The second-order valence-electron chi connectivity index (χ2n) is 8.27. The molecule has 2 aromatic carbocycles. The third-order valence-corrected chi connectivity index (χ3v) is 5.37. The highest BCUT2D eigenvalue weighted by molar-refractivity contribution is 7.16. The Kier molecular flexibility index (Phi) is 7.08. The van der Waals surface area contributed by atoms with E-state index in [9.17, 15) is 18.4 Å². The molecule has 0 aliphatic rings. The molecule has 1 aromatic heterocycles. The van der Waals surface area contributed by atoms with Crippen molar-refractivity contribution in [1.29, 1.82) is 0 Å². The lowest BCUT2D eigenvalue weighted by Gasteiger charge is -2.28. The normalized spacial score (nSPS) is 12.4. The third kappa shape index (κ3) is 6.00. The molecular formula is C23H25F2N3O3S. The summed E-state index contributed by atoms with van der Waals surface area (Å²) >= 11 is 1.49. The number of benzene rings is 2. The van der Waals surface area contributed by atoms with Crippen LogP contribution in [0.5, 0.6) is 0 Å². The van der Waals surface area contributed by atoms with E-state index in [1.165, 1.54) is 16.2 Å². The maximum absolute atomic E-state index is 13.7. The number of alkyl carbamates (subject to hydrolysis) is 1. The number of hydrogen-bond acceptors (Lipinski definition) is 5. The molecule has 0 spiro atoms. The van der Waals surface area contributed by atoms with Gasteiger partial charge in [0, 0.05) is 24.7 Å². The quantitative estimate of drug-likeness (QED) is 0.557. The van der Waals surface area contributed by atoms with Gasteiger partial charge < -0.3 is 15.0 Å². The van der Waals surface area contributed by atoms with Crippen molar-refractivity contribution < 1.29 is 23.1 Å². The van der Waals surface area contributed by atoms with Crippen LogP contribution in [-0.2, 0) is 16.0 Å². The smallest absolute Gasteiger partial charge is 0.408 e. The van der Waals surface area contributed by atoms with Gasteiger partial charge in [0.05, 0.1) is 15.7 Å². The van der Waals surface area contributed by atoms with Gasteiger partial charge in [-0.05, 0) is 63.6 Å². The highest BCUT2D eigenvalue weighted by atomic mass is 32.1. The lowest BCUT2D eigenvalue weighted by atomic mass is 10.0.